The third-order valence-corrected chi connectivity index (χ3v) is 2.46. The highest BCUT2D eigenvalue weighted by Gasteiger charge is 2.06. The van der Waals surface area contributed by atoms with E-state index in [1.54, 1.807) is 18.3 Å². The van der Waals surface area contributed by atoms with Crippen molar-refractivity contribution in [1.29, 1.82) is 0 Å². The predicted octanol–water partition coefficient (Wildman–Crippen LogP) is 0.974. The van der Waals surface area contributed by atoms with Crippen molar-refractivity contribution in [3.8, 4) is 11.1 Å². The highest BCUT2D eigenvalue weighted by molar-refractivity contribution is 7.55. The van der Waals surface area contributed by atoms with Crippen molar-refractivity contribution in [3.05, 3.63) is 52.7 Å². The van der Waals surface area contributed by atoms with Crippen LogP contribution in [0.5, 0.6) is 0 Å². The average Bonchev–Trinajstić information content (AvgIpc) is 2.40. The molecule has 18 heavy (non-hydrogen) atoms. The molecule has 0 saturated carbocycles. The minimum absolute atomic E-state index is 0.142. The van der Waals surface area contributed by atoms with E-state index in [0.717, 1.165) is 0 Å². The third-order valence-electron chi connectivity index (χ3n) is 2.22. The summed E-state index contributed by atoms with van der Waals surface area (Å²) in [6.45, 7) is 0. The van der Waals surface area contributed by atoms with Gasteiger partial charge in [-0.05, 0) is 17.7 Å². The van der Waals surface area contributed by atoms with Crippen molar-refractivity contribution in [3.63, 3.8) is 0 Å². The lowest BCUT2D eigenvalue weighted by atomic mass is 10.1. The zero-order valence-electron chi connectivity index (χ0n) is 8.99. The monoisotopic (exact) mass is 261 g/mol. The van der Waals surface area contributed by atoms with Gasteiger partial charge in [-0.15, -0.1) is 4.36 Å². The largest absolute Gasteiger partial charge is 0.328 e. The van der Waals surface area contributed by atoms with Crippen LogP contribution in [0.1, 0.15) is 10.4 Å². The van der Waals surface area contributed by atoms with E-state index in [4.69, 9.17) is 0 Å². The van der Waals surface area contributed by atoms with Gasteiger partial charge in [0.1, 0.15) is 0 Å². The van der Waals surface area contributed by atoms with Crippen LogP contribution in [0.4, 0.5) is 0 Å². The van der Waals surface area contributed by atoms with Gasteiger partial charge in [0.15, 0.2) is 0 Å². The molecule has 1 amide bonds. The lowest BCUT2D eigenvalue weighted by Crippen LogP contribution is -2.02. The van der Waals surface area contributed by atoms with Gasteiger partial charge in [-0.25, -0.2) is 0 Å². The Kier molecular flexibility index (Phi) is 3.54. The van der Waals surface area contributed by atoms with Gasteiger partial charge in [0.2, 0.25) is 17.0 Å². The standard InChI is InChI=1S/C11H7N3O3S/c15-10-2-1-7(6-13-10)8-3-9(5-12-4-8)11(16)14-18-17/h1-6H,(H,13,15). The second-order valence-electron chi connectivity index (χ2n) is 3.37. The Labute approximate surface area is 105 Å². The molecule has 0 aromatic carbocycles. The normalized spacial score (nSPS) is 9.78. The summed E-state index contributed by atoms with van der Waals surface area (Å²) in [4.78, 5) is 28.8. The summed E-state index contributed by atoms with van der Waals surface area (Å²) in [7, 11) is 0. The molecule has 0 aliphatic heterocycles. The van der Waals surface area contributed by atoms with Crippen LogP contribution in [0.25, 0.3) is 11.1 Å². The Balaban J connectivity index is 2.44. The molecule has 2 rings (SSSR count). The Hall–Kier alpha value is -2.41. The molecular formula is C11H7N3O3S. The number of pyridine rings is 2. The molecule has 0 radical (unpaired) electrons. The Morgan fingerprint density at radius 2 is 2.11 bits per heavy atom. The number of nitrogens with zero attached hydrogens (tertiary/aromatic N) is 2. The number of H-pyrrole nitrogens is 1. The van der Waals surface area contributed by atoms with Crippen LogP contribution in [-0.2, 0) is 11.5 Å². The van der Waals surface area contributed by atoms with Crippen LogP contribution in [0.15, 0.2) is 45.9 Å². The summed E-state index contributed by atoms with van der Waals surface area (Å²) in [6, 6.07) is 4.55. The SMILES string of the molecule is O=S=NC(=O)c1cncc(-c2ccc(=O)[nH]c2)c1. The Bertz CT molecular complexity index is 684. The van der Waals surface area contributed by atoms with Crippen molar-refractivity contribution >= 4 is 17.4 Å². The number of carbonyl (C=O) groups excluding carboxylic acids is 1. The smallest absolute Gasteiger partial charge is 0.291 e. The fourth-order valence-corrected chi connectivity index (χ4v) is 1.56. The summed E-state index contributed by atoms with van der Waals surface area (Å²) < 4.78 is 13.3. The summed E-state index contributed by atoms with van der Waals surface area (Å²) in [5, 5.41) is 0. The van der Waals surface area contributed by atoms with E-state index < -0.39 is 5.91 Å². The van der Waals surface area contributed by atoms with Gasteiger partial charge in [-0.1, -0.05) is 0 Å². The highest BCUT2D eigenvalue weighted by atomic mass is 32.1. The van der Waals surface area contributed by atoms with Gasteiger partial charge in [0, 0.05) is 30.2 Å². The summed E-state index contributed by atoms with van der Waals surface area (Å²) in [6.07, 6.45) is 4.40. The second kappa shape index (κ2) is 5.28. The van der Waals surface area contributed by atoms with Crippen LogP contribution in [0.2, 0.25) is 0 Å². The first kappa shape index (κ1) is 12.1. The maximum Gasteiger partial charge on any atom is 0.291 e. The first-order chi connectivity index (χ1) is 8.70. The van der Waals surface area contributed by atoms with Crippen LogP contribution in [-0.4, -0.2) is 20.1 Å². The first-order valence-electron chi connectivity index (χ1n) is 4.89. The zero-order chi connectivity index (χ0) is 13.0. The van der Waals surface area contributed by atoms with E-state index in [2.05, 4.69) is 14.3 Å². The number of nitrogens with one attached hydrogen (secondary N) is 1. The van der Waals surface area contributed by atoms with Gasteiger partial charge < -0.3 is 4.98 Å². The van der Waals surface area contributed by atoms with Crippen molar-refractivity contribution < 1.29 is 9.00 Å². The predicted molar refractivity (Wildman–Crippen MR) is 65.2 cm³/mol. The molecule has 7 heteroatoms. The number of aromatic amines is 1. The molecule has 0 saturated heterocycles. The Morgan fingerprint density at radius 3 is 2.78 bits per heavy atom. The first-order valence-corrected chi connectivity index (χ1v) is 5.59. The molecule has 0 bridgehead atoms. The van der Waals surface area contributed by atoms with Crippen molar-refractivity contribution in [2.75, 3.05) is 0 Å². The molecule has 0 aliphatic carbocycles. The van der Waals surface area contributed by atoms with E-state index in [1.165, 1.54) is 18.5 Å². The summed E-state index contributed by atoms with van der Waals surface area (Å²) >= 11 is -0.142. The van der Waals surface area contributed by atoms with Gasteiger partial charge in [0.05, 0.1) is 5.56 Å². The molecule has 2 aromatic rings. The number of aromatic nitrogens is 2. The van der Waals surface area contributed by atoms with Crippen molar-refractivity contribution in [1.82, 2.24) is 9.97 Å². The van der Waals surface area contributed by atoms with E-state index >= 15 is 0 Å². The maximum absolute atomic E-state index is 11.4. The number of hydrogen-bond acceptors (Lipinski definition) is 4. The van der Waals surface area contributed by atoms with Crippen LogP contribution in [0, 0.1) is 0 Å². The van der Waals surface area contributed by atoms with Crippen molar-refractivity contribution in [2.24, 2.45) is 4.36 Å². The molecule has 6 nitrogen and oxygen atoms in total. The lowest BCUT2D eigenvalue weighted by molar-refractivity contribution is 0.100. The van der Waals surface area contributed by atoms with Crippen LogP contribution < -0.4 is 5.56 Å². The zero-order valence-corrected chi connectivity index (χ0v) is 9.81. The molecule has 0 spiro atoms. The van der Waals surface area contributed by atoms with Gasteiger partial charge in [0.25, 0.3) is 5.91 Å². The van der Waals surface area contributed by atoms with E-state index in [-0.39, 0.29) is 22.6 Å². The maximum atomic E-state index is 11.4. The third kappa shape index (κ3) is 2.64. The van der Waals surface area contributed by atoms with Gasteiger partial charge in [-0.2, -0.15) is 4.21 Å². The number of carbonyl (C=O) groups is 1. The van der Waals surface area contributed by atoms with Gasteiger partial charge >= 0.3 is 0 Å². The number of hydrogen-bond donors (Lipinski definition) is 1. The summed E-state index contributed by atoms with van der Waals surface area (Å²) in [5.41, 5.74) is 1.38. The molecule has 0 atom stereocenters. The fraction of sp³-hybridized carbons (Fsp3) is 0. The minimum Gasteiger partial charge on any atom is -0.328 e. The van der Waals surface area contributed by atoms with E-state index in [9.17, 15) is 13.8 Å². The molecule has 2 aromatic heterocycles. The second-order valence-corrected chi connectivity index (χ2v) is 3.71. The number of amides is 1. The molecule has 0 aliphatic rings. The lowest BCUT2D eigenvalue weighted by Gasteiger charge is -2.01. The fourth-order valence-electron chi connectivity index (χ4n) is 1.39. The Morgan fingerprint density at radius 1 is 1.28 bits per heavy atom. The molecule has 1 N–H and O–H groups in total. The van der Waals surface area contributed by atoms with Crippen molar-refractivity contribution in [2.45, 2.75) is 0 Å². The minimum atomic E-state index is -0.631. The molecule has 0 unspecified atom stereocenters. The van der Waals surface area contributed by atoms with Crippen LogP contribution >= 0.6 is 0 Å². The van der Waals surface area contributed by atoms with Crippen LogP contribution in [0.3, 0.4) is 0 Å². The molecule has 2 heterocycles. The van der Waals surface area contributed by atoms with E-state index in [1.807, 2.05) is 0 Å². The highest BCUT2D eigenvalue weighted by Crippen LogP contribution is 2.17. The topological polar surface area (TPSA) is 92.2 Å². The number of rotatable bonds is 2. The molecular weight excluding hydrogens is 254 g/mol. The molecule has 90 valence electrons. The van der Waals surface area contributed by atoms with Gasteiger partial charge in [-0.3, -0.25) is 14.6 Å². The molecule has 0 fully saturated rings. The van der Waals surface area contributed by atoms with E-state index in [0.29, 0.717) is 11.1 Å². The average molecular weight is 261 g/mol. The summed E-state index contributed by atoms with van der Waals surface area (Å²) in [5.74, 6) is -0.631. The quantitative estimate of drug-likeness (QED) is 0.871.